The van der Waals surface area contributed by atoms with Gasteiger partial charge in [-0.25, -0.2) is 0 Å². The molecule has 1 rings (SSSR count). The Morgan fingerprint density at radius 3 is 2.50 bits per heavy atom. The highest BCUT2D eigenvalue weighted by Crippen LogP contribution is 2.32. The third-order valence-corrected chi connectivity index (χ3v) is 2.68. The van der Waals surface area contributed by atoms with Gasteiger partial charge in [0.05, 0.1) is 0 Å². The molecule has 1 fully saturated rings. The Morgan fingerprint density at radius 1 is 1.30 bits per heavy atom. The molecule has 0 saturated heterocycles. The van der Waals surface area contributed by atoms with E-state index in [9.17, 15) is 0 Å². The summed E-state index contributed by atoms with van der Waals surface area (Å²) in [6, 6.07) is 0. The Balaban J connectivity index is 2.15. The number of hydrogen-bond acceptors (Lipinski definition) is 1. The molecule has 0 heterocycles. The molecule has 1 nitrogen and oxygen atoms in total. The van der Waals surface area contributed by atoms with Crippen molar-refractivity contribution in [3.05, 3.63) is 0 Å². The minimum atomic E-state index is 0.858. The molecule has 0 spiro atoms. The summed E-state index contributed by atoms with van der Waals surface area (Å²) >= 11 is 0. The summed E-state index contributed by atoms with van der Waals surface area (Å²) in [5, 5.41) is 0. The van der Waals surface area contributed by atoms with Crippen LogP contribution in [0.2, 0.25) is 0 Å². The second-order valence-electron chi connectivity index (χ2n) is 3.57. The van der Waals surface area contributed by atoms with Gasteiger partial charge in [-0.05, 0) is 31.2 Å². The second-order valence-corrected chi connectivity index (χ2v) is 3.57. The Bertz CT molecular complexity index is 90.7. The normalized spacial score (nSPS) is 33.0. The van der Waals surface area contributed by atoms with E-state index in [1.807, 2.05) is 0 Å². The van der Waals surface area contributed by atoms with Gasteiger partial charge in [0, 0.05) is 0 Å². The zero-order chi connectivity index (χ0) is 7.40. The largest absolute Gasteiger partial charge is 0.330 e. The minimum Gasteiger partial charge on any atom is -0.330 e. The predicted octanol–water partition coefficient (Wildman–Crippen LogP) is 2.16. The van der Waals surface area contributed by atoms with E-state index in [1.165, 1.54) is 32.1 Å². The first-order valence-electron chi connectivity index (χ1n) is 4.56. The molecule has 0 unspecified atom stereocenters. The second kappa shape index (κ2) is 3.97. The van der Waals surface area contributed by atoms with Crippen LogP contribution in [0.25, 0.3) is 0 Å². The van der Waals surface area contributed by atoms with Crippen molar-refractivity contribution in [2.24, 2.45) is 17.6 Å². The highest BCUT2D eigenvalue weighted by Gasteiger charge is 2.22. The molecular weight excluding hydrogens is 122 g/mol. The fourth-order valence-corrected chi connectivity index (χ4v) is 2.06. The van der Waals surface area contributed by atoms with E-state index in [1.54, 1.807) is 0 Å². The van der Waals surface area contributed by atoms with E-state index in [0.29, 0.717) is 0 Å². The Hall–Kier alpha value is -0.0400. The summed E-state index contributed by atoms with van der Waals surface area (Å²) in [5.41, 5.74) is 5.59. The molecule has 0 amide bonds. The molecule has 0 aromatic rings. The smallest absolute Gasteiger partial charge is 0.00488 e. The van der Waals surface area contributed by atoms with E-state index < -0.39 is 0 Å². The van der Waals surface area contributed by atoms with Gasteiger partial charge in [0.1, 0.15) is 0 Å². The standard InChI is InChI=1S/C9H19N/c1-2-3-8-4-5-9(6-8)7-10/h8-9H,2-7,10H2,1H3/t8-,9+/m1/s1. The van der Waals surface area contributed by atoms with Crippen molar-refractivity contribution in [3.8, 4) is 0 Å². The summed E-state index contributed by atoms with van der Waals surface area (Å²) in [4.78, 5) is 0. The molecule has 1 aliphatic carbocycles. The summed E-state index contributed by atoms with van der Waals surface area (Å²) in [6.07, 6.45) is 7.01. The first-order valence-corrected chi connectivity index (χ1v) is 4.56. The van der Waals surface area contributed by atoms with Crippen molar-refractivity contribution >= 4 is 0 Å². The van der Waals surface area contributed by atoms with Crippen LogP contribution in [0, 0.1) is 11.8 Å². The van der Waals surface area contributed by atoms with E-state index in [0.717, 1.165) is 18.4 Å². The van der Waals surface area contributed by atoms with Crippen LogP contribution >= 0.6 is 0 Å². The third-order valence-electron chi connectivity index (χ3n) is 2.68. The number of rotatable bonds is 3. The molecule has 0 aliphatic heterocycles. The summed E-state index contributed by atoms with van der Waals surface area (Å²) < 4.78 is 0. The molecule has 0 radical (unpaired) electrons. The molecule has 1 aliphatic rings. The molecule has 1 heteroatoms. The Morgan fingerprint density at radius 2 is 2.00 bits per heavy atom. The zero-order valence-electron chi connectivity index (χ0n) is 6.97. The van der Waals surface area contributed by atoms with Crippen molar-refractivity contribution in [1.82, 2.24) is 0 Å². The van der Waals surface area contributed by atoms with Gasteiger partial charge < -0.3 is 5.73 Å². The zero-order valence-corrected chi connectivity index (χ0v) is 6.97. The van der Waals surface area contributed by atoms with Gasteiger partial charge in [-0.3, -0.25) is 0 Å². The lowest BCUT2D eigenvalue weighted by Gasteiger charge is -2.07. The molecule has 2 atom stereocenters. The average Bonchev–Trinajstić information content (AvgIpc) is 2.37. The van der Waals surface area contributed by atoms with E-state index in [4.69, 9.17) is 5.73 Å². The van der Waals surface area contributed by atoms with Crippen molar-refractivity contribution < 1.29 is 0 Å². The molecule has 0 bridgehead atoms. The summed E-state index contributed by atoms with van der Waals surface area (Å²) in [7, 11) is 0. The number of nitrogens with two attached hydrogens (primary N) is 1. The lowest BCUT2D eigenvalue weighted by molar-refractivity contribution is 0.464. The molecular formula is C9H19N. The Labute approximate surface area is 64.0 Å². The van der Waals surface area contributed by atoms with Crippen LogP contribution < -0.4 is 5.73 Å². The van der Waals surface area contributed by atoms with Crippen LogP contribution in [0.4, 0.5) is 0 Å². The van der Waals surface area contributed by atoms with E-state index in [2.05, 4.69) is 6.92 Å². The van der Waals surface area contributed by atoms with Crippen LogP contribution in [0.1, 0.15) is 39.0 Å². The minimum absolute atomic E-state index is 0.858. The number of hydrogen-bond donors (Lipinski definition) is 1. The summed E-state index contributed by atoms with van der Waals surface area (Å²) in [5.74, 6) is 1.87. The van der Waals surface area contributed by atoms with Crippen molar-refractivity contribution in [3.63, 3.8) is 0 Å². The molecule has 0 aromatic heterocycles. The van der Waals surface area contributed by atoms with Crippen LogP contribution in [-0.4, -0.2) is 6.54 Å². The SMILES string of the molecule is CCC[C@@H]1CC[C@H](CN)C1. The van der Waals surface area contributed by atoms with Gasteiger partial charge >= 0.3 is 0 Å². The van der Waals surface area contributed by atoms with Gasteiger partial charge in [-0.15, -0.1) is 0 Å². The maximum absolute atomic E-state index is 5.59. The van der Waals surface area contributed by atoms with Crippen LogP contribution in [0.5, 0.6) is 0 Å². The molecule has 60 valence electrons. The maximum Gasteiger partial charge on any atom is -0.00488 e. The fourth-order valence-electron chi connectivity index (χ4n) is 2.06. The topological polar surface area (TPSA) is 26.0 Å². The molecule has 10 heavy (non-hydrogen) atoms. The van der Waals surface area contributed by atoms with Crippen molar-refractivity contribution in [1.29, 1.82) is 0 Å². The van der Waals surface area contributed by atoms with Gasteiger partial charge in [0.25, 0.3) is 0 Å². The first-order chi connectivity index (χ1) is 4.86. The lowest BCUT2D eigenvalue weighted by Crippen LogP contribution is -2.10. The van der Waals surface area contributed by atoms with Crippen molar-refractivity contribution in [2.75, 3.05) is 6.54 Å². The van der Waals surface area contributed by atoms with Gasteiger partial charge in [-0.1, -0.05) is 26.2 Å². The highest BCUT2D eigenvalue weighted by molar-refractivity contribution is 4.75. The van der Waals surface area contributed by atoms with Crippen molar-refractivity contribution in [2.45, 2.75) is 39.0 Å². The van der Waals surface area contributed by atoms with Gasteiger partial charge in [0.15, 0.2) is 0 Å². The third kappa shape index (κ3) is 1.98. The van der Waals surface area contributed by atoms with Crippen LogP contribution in [-0.2, 0) is 0 Å². The first kappa shape index (κ1) is 8.06. The van der Waals surface area contributed by atoms with E-state index >= 15 is 0 Å². The Kier molecular flexibility index (Phi) is 3.20. The lowest BCUT2D eigenvalue weighted by atomic mass is 10.0. The maximum atomic E-state index is 5.59. The quantitative estimate of drug-likeness (QED) is 0.640. The molecule has 2 N–H and O–H groups in total. The van der Waals surface area contributed by atoms with Crippen LogP contribution in [0.3, 0.4) is 0 Å². The molecule has 0 aromatic carbocycles. The summed E-state index contributed by atoms with van der Waals surface area (Å²) in [6.45, 7) is 3.19. The predicted molar refractivity (Wildman–Crippen MR) is 44.8 cm³/mol. The fraction of sp³-hybridized carbons (Fsp3) is 1.00. The average molecular weight is 141 g/mol. The highest BCUT2D eigenvalue weighted by atomic mass is 14.6. The van der Waals surface area contributed by atoms with Crippen LogP contribution in [0.15, 0.2) is 0 Å². The monoisotopic (exact) mass is 141 g/mol. The van der Waals surface area contributed by atoms with Gasteiger partial charge in [-0.2, -0.15) is 0 Å². The van der Waals surface area contributed by atoms with E-state index in [-0.39, 0.29) is 0 Å². The van der Waals surface area contributed by atoms with Gasteiger partial charge in [0.2, 0.25) is 0 Å². The molecule has 1 saturated carbocycles.